The van der Waals surface area contributed by atoms with E-state index < -0.39 is 0 Å². The zero-order valence-electron chi connectivity index (χ0n) is 9.91. The largest absolute Gasteiger partial charge is 0.360 e. The first kappa shape index (κ1) is 11.2. The normalized spacial score (nSPS) is 15.1. The minimum Gasteiger partial charge on any atom is -0.360 e. The minimum atomic E-state index is -0.373. The van der Waals surface area contributed by atoms with Gasteiger partial charge >= 0.3 is 0 Å². The first-order valence-electron chi connectivity index (χ1n) is 6.05. The third-order valence-electron chi connectivity index (χ3n) is 3.25. The van der Waals surface area contributed by atoms with Crippen LogP contribution in [0.4, 0.5) is 5.69 Å². The molecule has 0 amide bonds. The number of hydrogen-bond acceptors (Lipinski definition) is 3. The monoisotopic (exact) mass is 246 g/mol. The van der Waals surface area contributed by atoms with Crippen LogP contribution in [0.1, 0.15) is 12.8 Å². The molecule has 1 aromatic carbocycles. The van der Waals surface area contributed by atoms with Gasteiger partial charge in [-0.1, -0.05) is 0 Å². The fourth-order valence-corrected chi connectivity index (χ4v) is 2.00. The molecule has 2 aromatic rings. The van der Waals surface area contributed by atoms with Crippen molar-refractivity contribution in [2.75, 3.05) is 6.61 Å². The summed E-state index contributed by atoms with van der Waals surface area (Å²) < 4.78 is 7.51. The van der Waals surface area contributed by atoms with Crippen LogP contribution in [0.2, 0.25) is 0 Å². The van der Waals surface area contributed by atoms with Crippen molar-refractivity contribution >= 4 is 16.6 Å². The van der Waals surface area contributed by atoms with E-state index in [1.807, 2.05) is 16.8 Å². The van der Waals surface area contributed by atoms with E-state index in [4.69, 9.17) is 4.74 Å². The summed E-state index contributed by atoms with van der Waals surface area (Å²) in [6.45, 7) is 1.25. The Morgan fingerprint density at radius 3 is 2.94 bits per heavy atom. The van der Waals surface area contributed by atoms with E-state index >= 15 is 0 Å². The number of ether oxygens (including phenoxy) is 1. The number of nitrogens with zero attached hydrogens (tertiary/aromatic N) is 2. The predicted octanol–water partition coefficient (Wildman–Crippen LogP) is 2.93. The molecule has 0 spiro atoms. The van der Waals surface area contributed by atoms with Gasteiger partial charge in [-0.25, -0.2) is 0 Å². The van der Waals surface area contributed by atoms with E-state index in [1.165, 1.54) is 18.9 Å². The summed E-state index contributed by atoms with van der Waals surface area (Å²) >= 11 is 0. The van der Waals surface area contributed by atoms with Gasteiger partial charge in [0, 0.05) is 23.7 Å². The molecule has 5 heteroatoms. The lowest BCUT2D eigenvalue weighted by Gasteiger charge is -2.06. The summed E-state index contributed by atoms with van der Waals surface area (Å²) in [5, 5.41) is 11.8. The molecule has 0 N–H and O–H groups in total. The van der Waals surface area contributed by atoms with Crippen molar-refractivity contribution in [2.45, 2.75) is 19.6 Å². The lowest BCUT2D eigenvalue weighted by Crippen LogP contribution is -2.03. The third-order valence-corrected chi connectivity index (χ3v) is 3.25. The number of hydrogen-bond donors (Lipinski definition) is 0. The Hall–Kier alpha value is -1.88. The first-order valence-corrected chi connectivity index (χ1v) is 6.05. The Morgan fingerprint density at radius 2 is 2.22 bits per heavy atom. The molecule has 0 bridgehead atoms. The first-order chi connectivity index (χ1) is 8.74. The van der Waals surface area contributed by atoms with E-state index in [-0.39, 0.29) is 10.6 Å². The predicted molar refractivity (Wildman–Crippen MR) is 67.3 cm³/mol. The number of nitro benzene ring substituents is 1. The molecule has 94 valence electrons. The van der Waals surface area contributed by atoms with Crippen molar-refractivity contribution in [1.82, 2.24) is 4.57 Å². The number of non-ortho nitro benzene ring substituents is 1. The minimum absolute atomic E-state index is 0.115. The average Bonchev–Trinajstić information content (AvgIpc) is 3.09. The Bertz CT molecular complexity index is 587. The van der Waals surface area contributed by atoms with Gasteiger partial charge in [-0.15, -0.1) is 0 Å². The lowest BCUT2D eigenvalue weighted by atomic mass is 10.2. The zero-order chi connectivity index (χ0) is 12.5. The molecule has 0 unspecified atom stereocenters. The maximum Gasteiger partial charge on any atom is 0.271 e. The van der Waals surface area contributed by atoms with Crippen molar-refractivity contribution in [3.05, 3.63) is 40.6 Å². The van der Waals surface area contributed by atoms with Crippen LogP contribution in [0.15, 0.2) is 30.5 Å². The van der Waals surface area contributed by atoms with Gasteiger partial charge in [0.1, 0.15) is 6.73 Å². The Morgan fingerprint density at radius 1 is 1.39 bits per heavy atom. The van der Waals surface area contributed by atoms with Crippen LogP contribution in [-0.2, 0) is 11.5 Å². The molecule has 0 radical (unpaired) electrons. The number of fused-ring (bicyclic) bond motifs is 1. The van der Waals surface area contributed by atoms with Crippen LogP contribution < -0.4 is 0 Å². The number of benzene rings is 1. The van der Waals surface area contributed by atoms with E-state index in [9.17, 15) is 10.1 Å². The Kier molecular flexibility index (Phi) is 2.76. The molecule has 1 heterocycles. The number of aromatic nitrogens is 1. The highest BCUT2D eigenvalue weighted by atomic mass is 16.6. The van der Waals surface area contributed by atoms with Crippen LogP contribution in [-0.4, -0.2) is 16.1 Å². The second-order valence-corrected chi connectivity index (χ2v) is 4.73. The van der Waals surface area contributed by atoms with Gasteiger partial charge in [-0.2, -0.15) is 0 Å². The summed E-state index contributed by atoms with van der Waals surface area (Å²) in [6.07, 6.45) is 4.43. The molecule has 18 heavy (non-hydrogen) atoms. The summed E-state index contributed by atoms with van der Waals surface area (Å²) in [5.41, 5.74) is 0.963. The second kappa shape index (κ2) is 4.42. The van der Waals surface area contributed by atoms with Gasteiger partial charge in [-0.3, -0.25) is 10.1 Å². The topological polar surface area (TPSA) is 57.3 Å². The third kappa shape index (κ3) is 2.22. The maximum absolute atomic E-state index is 10.8. The SMILES string of the molecule is O=[N+]([O-])c1ccc2ccn(COCC3CC3)c2c1. The van der Waals surface area contributed by atoms with Crippen molar-refractivity contribution in [3.63, 3.8) is 0 Å². The molecule has 1 aliphatic carbocycles. The van der Waals surface area contributed by atoms with Crippen LogP contribution in [0.5, 0.6) is 0 Å². The van der Waals surface area contributed by atoms with E-state index in [0.29, 0.717) is 6.73 Å². The maximum atomic E-state index is 10.8. The fourth-order valence-electron chi connectivity index (χ4n) is 2.00. The zero-order valence-corrected chi connectivity index (χ0v) is 9.91. The molecule has 1 fully saturated rings. The quantitative estimate of drug-likeness (QED) is 0.602. The van der Waals surface area contributed by atoms with E-state index in [1.54, 1.807) is 12.1 Å². The Balaban J connectivity index is 1.81. The second-order valence-electron chi connectivity index (χ2n) is 4.73. The number of rotatable bonds is 5. The van der Waals surface area contributed by atoms with Gasteiger partial charge in [0.15, 0.2) is 0 Å². The van der Waals surface area contributed by atoms with Gasteiger partial charge < -0.3 is 9.30 Å². The smallest absolute Gasteiger partial charge is 0.271 e. The van der Waals surface area contributed by atoms with Crippen molar-refractivity contribution in [1.29, 1.82) is 0 Å². The molecule has 0 saturated heterocycles. The van der Waals surface area contributed by atoms with Crippen molar-refractivity contribution in [2.24, 2.45) is 5.92 Å². The van der Waals surface area contributed by atoms with Gasteiger partial charge in [0.2, 0.25) is 0 Å². The highest BCUT2D eigenvalue weighted by Gasteiger charge is 2.21. The van der Waals surface area contributed by atoms with Crippen LogP contribution in [0.3, 0.4) is 0 Å². The van der Waals surface area contributed by atoms with E-state index in [2.05, 4.69) is 0 Å². The molecular weight excluding hydrogens is 232 g/mol. The fraction of sp³-hybridized carbons (Fsp3) is 0.385. The lowest BCUT2D eigenvalue weighted by molar-refractivity contribution is -0.384. The van der Waals surface area contributed by atoms with Gasteiger partial charge in [0.05, 0.1) is 17.0 Å². The van der Waals surface area contributed by atoms with E-state index in [0.717, 1.165) is 23.4 Å². The number of nitro groups is 1. The van der Waals surface area contributed by atoms with Crippen LogP contribution >= 0.6 is 0 Å². The van der Waals surface area contributed by atoms with Gasteiger partial charge in [-0.05, 0) is 30.9 Å². The van der Waals surface area contributed by atoms with Crippen molar-refractivity contribution in [3.8, 4) is 0 Å². The van der Waals surface area contributed by atoms with Crippen LogP contribution in [0, 0.1) is 16.0 Å². The highest BCUT2D eigenvalue weighted by molar-refractivity contribution is 5.82. The molecule has 5 nitrogen and oxygen atoms in total. The molecule has 0 aliphatic heterocycles. The molecule has 1 aliphatic rings. The average molecular weight is 246 g/mol. The highest BCUT2D eigenvalue weighted by Crippen LogP contribution is 2.29. The summed E-state index contributed by atoms with van der Waals surface area (Å²) in [4.78, 5) is 10.4. The van der Waals surface area contributed by atoms with Crippen molar-refractivity contribution < 1.29 is 9.66 Å². The molecule has 3 rings (SSSR count). The molecule has 1 saturated carbocycles. The Labute approximate surface area is 104 Å². The summed E-state index contributed by atoms with van der Waals surface area (Å²) in [6, 6.07) is 6.83. The van der Waals surface area contributed by atoms with Gasteiger partial charge in [0.25, 0.3) is 5.69 Å². The summed E-state index contributed by atoms with van der Waals surface area (Å²) in [7, 11) is 0. The standard InChI is InChI=1S/C13H14N2O3/c16-15(17)12-4-3-11-5-6-14(13(11)7-12)9-18-8-10-1-2-10/h3-7,10H,1-2,8-9H2. The molecule has 1 aromatic heterocycles. The molecule has 0 atom stereocenters. The summed E-state index contributed by atoms with van der Waals surface area (Å²) in [5.74, 6) is 0.723. The molecular formula is C13H14N2O3. The van der Waals surface area contributed by atoms with Crippen LogP contribution in [0.25, 0.3) is 10.9 Å².